The molecule has 1 atom stereocenters. The van der Waals surface area contributed by atoms with Gasteiger partial charge in [-0.25, -0.2) is 4.98 Å². The highest BCUT2D eigenvalue weighted by Gasteiger charge is 2.14. The Morgan fingerprint density at radius 2 is 1.86 bits per heavy atom. The highest BCUT2D eigenvalue weighted by Crippen LogP contribution is 2.31. The molecule has 0 saturated heterocycles. The number of hydrogen-bond donors (Lipinski definition) is 1. The quantitative estimate of drug-likeness (QED) is 0.776. The lowest BCUT2D eigenvalue weighted by Gasteiger charge is -2.10. The molecule has 2 heterocycles. The molecule has 0 radical (unpaired) electrons. The minimum absolute atomic E-state index is 0.0341. The molecule has 0 unspecified atom stereocenters. The second-order valence-electron chi connectivity index (χ2n) is 5.71. The van der Waals surface area contributed by atoms with Crippen molar-refractivity contribution in [2.24, 2.45) is 11.7 Å². The maximum atomic E-state index is 6.25. The van der Waals surface area contributed by atoms with Gasteiger partial charge in [0.25, 0.3) is 0 Å². The molecule has 0 aliphatic heterocycles. The van der Waals surface area contributed by atoms with Gasteiger partial charge in [-0.2, -0.15) is 0 Å². The zero-order chi connectivity index (χ0) is 14.8. The molecule has 0 aliphatic carbocycles. The lowest BCUT2D eigenvalue weighted by Crippen LogP contribution is -2.12. The molecule has 2 N–H and O–H groups in total. The first-order valence-electron chi connectivity index (χ1n) is 7.20. The van der Waals surface area contributed by atoms with Crippen LogP contribution in [0.3, 0.4) is 0 Å². The van der Waals surface area contributed by atoms with E-state index in [9.17, 15) is 0 Å². The second-order valence-corrected chi connectivity index (χ2v) is 6.77. The molecule has 108 valence electrons. The lowest BCUT2D eigenvalue weighted by molar-refractivity contribution is 0.509. The fourth-order valence-corrected chi connectivity index (χ4v) is 3.40. The molecular formula is C17H19N3S. The molecule has 0 aliphatic rings. The monoisotopic (exact) mass is 297 g/mol. The Morgan fingerprint density at radius 3 is 2.57 bits per heavy atom. The van der Waals surface area contributed by atoms with E-state index >= 15 is 0 Å². The van der Waals surface area contributed by atoms with Gasteiger partial charge in [0, 0.05) is 12.4 Å². The molecule has 21 heavy (non-hydrogen) atoms. The summed E-state index contributed by atoms with van der Waals surface area (Å²) >= 11 is 1.70. The van der Waals surface area contributed by atoms with Gasteiger partial charge < -0.3 is 5.73 Å². The van der Waals surface area contributed by atoms with Crippen LogP contribution in [0, 0.1) is 5.92 Å². The summed E-state index contributed by atoms with van der Waals surface area (Å²) in [6.45, 7) is 4.38. The van der Waals surface area contributed by atoms with Crippen molar-refractivity contribution < 1.29 is 0 Å². The van der Waals surface area contributed by atoms with Crippen molar-refractivity contribution in [2.75, 3.05) is 0 Å². The average Bonchev–Trinajstić information content (AvgIpc) is 2.90. The Kier molecular flexibility index (Phi) is 3.99. The molecular weight excluding hydrogens is 278 g/mol. The zero-order valence-electron chi connectivity index (χ0n) is 12.3. The third-order valence-corrected chi connectivity index (χ3v) is 4.63. The maximum absolute atomic E-state index is 6.25. The van der Waals surface area contributed by atoms with E-state index in [1.807, 2.05) is 24.5 Å². The van der Waals surface area contributed by atoms with Crippen molar-refractivity contribution in [3.05, 3.63) is 47.7 Å². The Hall–Kier alpha value is -1.78. The molecule has 4 heteroatoms. The van der Waals surface area contributed by atoms with Gasteiger partial charge in [-0.15, -0.1) is 11.3 Å². The molecule has 3 aromatic rings. The van der Waals surface area contributed by atoms with Gasteiger partial charge >= 0.3 is 0 Å². The summed E-state index contributed by atoms with van der Waals surface area (Å²) in [5.74, 6) is 0.583. The summed E-state index contributed by atoms with van der Waals surface area (Å²) in [5, 5.41) is 1.03. The summed E-state index contributed by atoms with van der Waals surface area (Å²) in [6, 6.07) is 10.5. The standard InChI is InChI=1S/C17H19N3S/c1-11(2)9-14(18)17-20-15-10-13(3-4-16(15)21-17)12-5-7-19-8-6-12/h3-8,10-11,14H,9,18H2,1-2H3/t14-/m0/s1. The van der Waals surface area contributed by atoms with E-state index in [-0.39, 0.29) is 6.04 Å². The van der Waals surface area contributed by atoms with E-state index in [2.05, 4.69) is 37.0 Å². The van der Waals surface area contributed by atoms with Crippen LogP contribution in [0.1, 0.15) is 31.3 Å². The van der Waals surface area contributed by atoms with Gasteiger partial charge in [0.05, 0.1) is 16.3 Å². The average molecular weight is 297 g/mol. The highest BCUT2D eigenvalue weighted by atomic mass is 32.1. The van der Waals surface area contributed by atoms with E-state index in [1.165, 1.54) is 10.3 Å². The maximum Gasteiger partial charge on any atom is 0.111 e. The third kappa shape index (κ3) is 3.12. The SMILES string of the molecule is CC(C)C[C@H](N)c1nc2cc(-c3ccncc3)ccc2s1. The van der Waals surface area contributed by atoms with Gasteiger partial charge in [-0.05, 0) is 47.7 Å². The number of aromatic nitrogens is 2. The van der Waals surface area contributed by atoms with Gasteiger partial charge in [0.2, 0.25) is 0 Å². The van der Waals surface area contributed by atoms with Crippen molar-refractivity contribution in [3.8, 4) is 11.1 Å². The molecule has 0 bridgehead atoms. The Bertz CT molecular complexity index is 734. The van der Waals surface area contributed by atoms with Crippen LogP contribution in [0.25, 0.3) is 21.3 Å². The normalized spacial score (nSPS) is 13.0. The van der Waals surface area contributed by atoms with Crippen LogP contribution in [0.5, 0.6) is 0 Å². The minimum Gasteiger partial charge on any atom is -0.322 e. The number of thiazole rings is 1. The van der Waals surface area contributed by atoms with Crippen LogP contribution in [-0.4, -0.2) is 9.97 Å². The van der Waals surface area contributed by atoms with E-state index in [0.717, 1.165) is 22.5 Å². The highest BCUT2D eigenvalue weighted by molar-refractivity contribution is 7.18. The Morgan fingerprint density at radius 1 is 1.10 bits per heavy atom. The lowest BCUT2D eigenvalue weighted by atomic mass is 10.1. The number of pyridine rings is 1. The Labute approximate surface area is 128 Å². The van der Waals surface area contributed by atoms with E-state index in [4.69, 9.17) is 10.7 Å². The fourth-order valence-electron chi connectivity index (χ4n) is 2.44. The van der Waals surface area contributed by atoms with Gasteiger partial charge in [-0.1, -0.05) is 19.9 Å². The largest absolute Gasteiger partial charge is 0.322 e. The molecule has 1 aromatic carbocycles. The van der Waals surface area contributed by atoms with E-state index < -0.39 is 0 Å². The smallest absolute Gasteiger partial charge is 0.111 e. The van der Waals surface area contributed by atoms with Gasteiger partial charge in [-0.3, -0.25) is 4.98 Å². The van der Waals surface area contributed by atoms with Crippen molar-refractivity contribution >= 4 is 21.6 Å². The summed E-state index contributed by atoms with van der Waals surface area (Å²) in [6.07, 6.45) is 4.59. The topological polar surface area (TPSA) is 51.8 Å². The number of nitrogens with two attached hydrogens (primary N) is 1. The summed E-state index contributed by atoms with van der Waals surface area (Å²) in [7, 11) is 0. The number of rotatable bonds is 4. The van der Waals surface area contributed by atoms with Gasteiger partial charge in [0.15, 0.2) is 0 Å². The second kappa shape index (κ2) is 5.92. The molecule has 0 saturated carbocycles. The molecule has 0 amide bonds. The van der Waals surface area contributed by atoms with Crippen LogP contribution < -0.4 is 5.73 Å². The van der Waals surface area contributed by atoms with Crippen LogP contribution in [0.15, 0.2) is 42.7 Å². The van der Waals surface area contributed by atoms with Gasteiger partial charge in [0.1, 0.15) is 5.01 Å². The molecule has 0 fully saturated rings. The van der Waals surface area contributed by atoms with E-state index in [0.29, 0.717) is 5.92 Å². The first-order chi connectivity index (χ1) is 10.1. The Balaban J connectivity index is 1.95. The molecule has 3 nitrogen and oxygen atoms in total. The molecule has 3 rings (SSSR count). The number of nitrogens with zero attached hydrogens (tertiary/aromatic N) is 2. The summed E-state index contributed by atoms with van der Waals surface area (Å²) < 4.78 is 1.20. The van der Waals surface area contributed by atoms with E-state index in [1.54, 1.807) is 11.3 Å². The van der Waals surface area contributed by atoms with Crippen molar-refractivity contribution in [3.63, 3.8) is 0 Å². The van der Waals surface area contributed by atoms with Crippen LogP contribution in [0.2, 0.25) is 0 Å². The van der Waals surface area contributed by atoms with Crippen molar-refractivity contribution in [1.82, 2.24) is 9.97 Å². The molecule has 0 spiro atoms. The minimum atomic E-state index is 0.0341. The zero-order valence-corrected chi connectivity index (χ0v) is 13.1. The number of hydrogen-bond acceptors (Lipinski definition) is 4. The fraction of sp³-hybridized carbons (Fsp3) is 0.294. The third-order valence-electron chi connectivity index (χ3n) is 3.46. The van der Waals surface area contributed by atoms with Crippen LogP contribution in [-0.2, 0) is 0 Å². The number of fused-ring (bicyclic) bond motifs is 1. The first kappa shape index (κ1) is 14.2. The first-order valence-corrected chi connectivity index (χ1v) is 8.01. The summed E-state index contributed by atoms with van der Waals surface area (Å²) in [5.41, 5.74) is 9.61. The summed E-state index contributed by atoms with van der Waals surface area (Å²) in [4.78, 5) is 8.79. The molecule has 2 aromatic heterocycles. The van der Waals surface area contributed by atoms with Crippen molar-refractivity contribution in [1.29, 1.82) is 0 Å². The number of benzene rings is 1. The van der Waals surface area contributed by atoms with Crippen molar-refractivity contribution in [2.45, 2.75) is 26.3 Å². The van der Waals surface area contributed by atoms with Crippen LogP contribution in [0.4, 0.5) is 0 Å². The van der Waals surface area contributed by atoms with Crippen LogP contribution >= 0.6 is 11.3 Å². The predicted molar refractivity (Wildman–Crippen MR) is 89.2 cm³/mol. The predicted octanol–water partition coefficient (Wildman–Crippen LogP) is 4.40.